The normalized spacial score (nSPS) is 55.3. The van der Waals surface area contributed by atoms with Crippen LogP contribution in [0.15, 0.2) is 23.3 Å². The Hall–Kier alpha value is -1.00. The van der Waals surface area contributed by atoms with E-state index in [2.05, 4.69) is 67.5 Å². The van der Waals surface area contributed by atoms with Gasteiger partial charge in [0.15, 0.2) is 12.6 Å². The maximum Gasteiger partial charge on any atom is 0.187 e. The number of allylic oxidation sites excluding steroid dienone is 3. The van der Waals surface area contributed by atoms with Crippen molar-refractivity contribution in [2.24, 2.45) is 44.3 Å². The molecule has 12 nitrogen and oxygen atoms in total. The molecule has 0 spiro atoms. The summed E-state index contributed by atoms with van der Waals surface area (Å²) in [5.41, 5.74) is 1.24. The Morgan fingerprint density at radius 3 is 2.11 bits per heavy atom. The van der Waals surface area contributed by atoms with Crippen molar-refractivity contribution in [3.8, 4) is 0 Å². The van der Waals surface area contributed by atoms with Crippen LogP contribution in [-0.4, -0.2) is 127 Å². The summed E-state index contributed by atoms with van der Waals surface area (Å²) >= 11 is 0. The summed E-state index contributed by atoms with van der Waals surface area (Å²) < 4.78 is 24.4. The molecule has 0 aromatic carbocycles. The van der Waals surface area contributed by atoms with Crippen molar-refractivity contribution in [3.63, 3.8) is 0 Å². The van der Waals surface area contributed by atoms with Crippen molar-refractivity contribution in [3.05, 3.63) is 23.3 Å². The van der Waals surface area contributed by atoms with E-state index in [1.54, 1.807) is 0 Å². The van der Waals surface area contributed by atoms with E-state index in [0.29, 0.717) is 0 Å². The fourth-order valence-corrected chi connectivity index (χ4v) is 12.9. The molecule has 8 N–H and O–H groups in total. The molecule has 0 amide bonds. The molecule has 3 saturated carbocycles. The van der Waals surface area contributed by atoms with E-state index in [1.165, 1.54) is 18.1 Å². The van der Waals surface area contributed by atoms with Crippen LogP contribution in [0.1, 0.15) is 107 Å². The second kappa shape index (κ2) is 13.5. The van der Waals surface area contributed by atoms with Crippen LogP contribution in [0, 0.1) is 44.3 Å². The molecule has 308 valence electrons. The quantitative estimate of drug-likeness (QED) is 0.191. The molecule has 2 saturated heterocycles. The first-order valence-electron chi connectivity index (χ1n) is 20.4. The average molecular weight is 765 g/mol. The highest BCUT2D eigenvalue weighted by molar-refractivity contribution is 5.46. The molecule has 0 aromatic rings. The topological polar surface area (TPSA) is 199 Å². The Labute approximate surface area is 320 Å². The molecule has 0 unspecified atom stereocenters. The zero-order valence-corrected chi connectivity index (χ0v) is 33.7. The second-order valence-electron chi connectivity index (χ2n) is 20.6. The summed E-state index contributed by atoms with van der Waals surface area (Å²) in [7, 11) is 0. The second-order valence-corrected chi connectivity index (χ2v) is 20.6. The third-order valence-electron chi connectivity index (χ3n) is 16.8. The summed E-state index contributed by atoms with van der Waals surface area (Å²) in [6.07, 6.45) is -5.49. The Balaban J connectivity index is 1.19. The average Bonchev–Trinajstić information content (AvgIpc) is 3.09. The lowest BCUT2D eigenvalue weighted by atomic mass is 9.35. The Morgan fingerprint density at radius 1 is 0.759 bits per heavy atom. The Morgan fingerprint density at radius 2 is 1.44 bits per heavy atom. The molecular weight excluding hydrogens is 696 g/mol. The zero-order valence-electron chi connectivity index (χ0n) is 33.7. The van der Waals surface area contributed by atoms with Gasteiger partial charge in [-0.3, -0.25) is 0 Å². The smallest absolute Gasteiger partial charge is 0.187 e. The van der Waals surface area contributed by atoms with Gasteiger partial charge in [-0.25, -0.2) is 0 Å². The highest BCUT2D eigenvalue weighted by Gasteiger charge is 2.69. The van der Waals surface area contributed by atoms with Gasteiger partial charge in [0.05, 0.1) is 31.0 Å². The van der Waals surface area contributed by atoms with Gasteiger partial charge in [0, 0.05) is 17.3 Å². The summed E-state index contributed by atoms with van der Waals surface area (Å²) in [5, 5.41) is 87.5. The van der Waals surface area contributed by atoms with Gasteiger partial charge in [-0.1, -0.05) is 73.1 Å². The molecule has 0 radical (unpaired) electrons. The minimum Gasteiger partial charge on any atom is -0.394 e. The van der Waals surface area contributed by atoms with Gasteiger partial charge in [0.25, 0.3) is 0 Å². The maximum atomic E-state index is 12.4. The van der Waals surface area contributed by atoms with E-state index in [0.717, 1.165) is 38.5 Å². The molecule has 7 aliphatic rings. The lowest BCUT2D eigenvalue weighted by Crippen LogP contribution is -2.69. The van der Waals surface area contributed by atoms with Crippen LogP contribution in [0.25, 0.3) is 0 Å². The summed E-state index contributed by atoms with van der Waals surface area (Å²) in [6, 6.07) is 0. The molecule has 5 aliphatic carbocycles. The molecule has 19 atom stereocenters. The lowest BCUT2D eigenvalue weighted by molar-refractivity contribution is -0.378. The third kappa shape index (κ3) is 5.82. The highest BCUT2D eigenvalue weighted by Crippen LogP contribution is 2.74. The standard InChI is InChI=1S/C42H68O12/c1-20-29(46)31(48)33(50)35(51-20)54-34-32(49)30(47)23(19-43)52-36(34)53-28-16-26(44)42(9)24(38(28,4)5)12-13-41(8)25(42)11-10-21-22-17-37(2,3)18-27(45)39(22,6)14-15-40(21,41)7/h10-11,20,23-36,43-50H,12-19H2,1-9H3/t20-,23+,24-,25-,26+,27+,28-,29-,30+,31+,32-,33+,34+,35-,36-,39+,40+,41+,42-/m0/s1. The van der Waals surface area contributed by atoms with Crippen molar-refractivity contribution < 1.29 is 59.8 Å². The zero-order chi connectivity index (χ0) is 39.7. The van der Waals surface area contributed by atoms with Crippen molar-refractivity contribution in [1.29, 1.82) is 0 Å². The van der Waals surface area contributed by atoms with Gasteiger partial charge in [0.1, 0.15) is 42.7 Å². The molecule has 2 heterocycles. The molecule has 7 rings (SSSR count). The molecule has 54 heavy (non-hydrogen) atoms. The van der Waals surface area contributed by atoms with Gasteiger partial charge in [-0.15, -0.1) is 0 Å². The van der Waals surface area contributed by atoms with E-state index >= 15 is 0 Å². The van der Waals surface area contributed by atoms with Crippen LogP contribution in [0.3, 0.4) is 0 Å². The largest absolute Gasteiger partial charge is 0.394 e. The van der Waals surface area contributed by atoms with E-state index in [1.807, 2.05) is 0 Å². The molecule has 5 fully saturated rings. The van der Waals surface area contributed by atoms with E-state index < -0.39 is 91.1 Å². The van der Waals surface area contributed by atoms with Crippen LogP contribution < -0.4 is 0 Å². The highest BCUT2D eigenvalue weighted by atomic mass is 16.8. The number of aliphatic hydroxyl groups is 8. The van der Waals surface area contributed by atoms with Crippen molar-refractivity contribution in [2.45, 2.75) is 187 Å². The van der Waals surface area contributed by atoms with Crippen molar-refractivity contribution >= 4 is 0 Å². The molecule has 12 heteroatoms. The number of rotatable bonds is 5. The van der Waals surface area contributed by atoms with Crippen LogP contribution in [0.2, 0.25) is 0 Å². The van der Waals surface area contributed by atoms with Crippen LogP contribution in [0.4, 0.5) is 0 Å². The van der Waals surface area contributed by atoms with Crippen molar-refractivity contribution in [1.82, 2.24) is 0 Å². The maximum absolute atomic E-state index is 12.4. The molecular formula is C42H68O12. The monoisotopic (exact) mass is 764 g/mol. The van der Waals surface area contributed by atoms with Crippen molar-refractivity contribution in [2.75, 3.05) is 6.61 Å². The Kier molecular flexibility index (Phi) is 10.3. The molecule has 0 bridgehead atoms. The molecule has 0 aromatic heterocycles. The first-order valence-corrected chi connectivity index (χ1v) is 20.4. The van der Waals surface area contributed by atoms with Gasteiger partial charge in [0.2, 0.25) is 0 Å². The minimum atomic E-state index is -1.67. The Bertz CT molecular complexity index is 1500. The number of fused-ring (bicyclic) bond motifs is 6. The van der Waals surface area contributed by atoms with E-state index in [4.69, 9.17) is 18.9 Å². The summed E-state index contributed by atoms with van der Waals surface area (Å²) in [4.78, 5) is 0. The first kappa shape index (κ1) is 41.2. The van der Waals surface area contributed by atoms with E-state index in [9.17, 15) is 40.9 Å². The van der Waals surface area contributed by atoms with E-state index in [-0.39, 0.29) is 46.0 Å². The minimum absolute atomic E-state index is 0.0101. The fourth-order valence-electron chi connectivity index (χ4n) is 12.9. The third-order valence-corrected chi connectivity index (χ3v) is 16.8. The number of hydrogen-bond donors (Lipinski definition) is 8. The fraction of sp³-hybridized carbons (Fsp3) is 0.905. The van der Waals surface area contributed by atoms with Crippen LogP contribution >= 0.6 is 0 Å². The first-order chi connectivity index (χ1) is 25.0. The molecule has 2 aliphatic heterocycles. The van der Waals surface area contributed by atoms with Gasteiger partial charge in [-0.2, -0.15) is 0 Å². The van der Waals surface area contributed by atoms with Gasteiger partial charge >= 0.3 is 0 Å². The summed E-state index contributed by atoms with van der Waals surface area (Å²) in [5.74, 6) is 0.0716. The number of ether oxygens (including phenoxy) is 4. The number of hydrogen-bond acceptors (Lipinski definition) is 12. The van der Waals surface area contributed by atoms with Gasteiger partial charge < -0.3 is 59.8 Å². The van der Waals surface area contributed by atoms with Crippen LogP contribution in [0.5, 0.6) is 0 Å². The van der Waals surface area contributed by atoms with Crippen LogP contribution in [-0.2, 0) is 18.9 Å². The van der Waals surface area contributed by atoms with Gasteiger partial charge in [-0.05, 0) is 84.5 Å². The number of aliphatic hydroxyl groups excluding tert-OH is 8. The summed E-state index contributed by atoms with van der Waals surface area (Å²) in [6.45, 7) is 19.1. The predicted molar refractivity (Wildman–Crippen MR) is 197 cm³/mol. The predicted octanol–water partition coefficient (Wildman–Crippen LogP) is 2.71. The lowest BCUT2D eigenvalue weighted by Gasteiger charge is -2.70. The SMILES string of the molecule is C[C@@H]1O[C@@H](O[C@H]2[C@H](O[C@H]3C[C@@H](O)[C@]4(C)[C@H]5C=CC6=C7CC(C)(C)C[C@@H](O)[C@]7(C)CC[C@@]6(C)[C@]5(C)CC[C@H]4C3(C)C)O[C@H](CO)[C@@H](O)[C@@H]2O)[C@H](O)[C@H](O)[C@H]1O.